The first-order valence-electron chi connectivity index (χ1n) is 10.4. The van der Waals surface area contributed by atoms with Crippen molar-refractivity contribution in [2.45, 2.75) is 0 Å². The predicted octanol–water partition coefficient (Wildman–Crippen LogP) is 3.85. The van der Waals surface area contributed by atoms with Crippen LogP contribution in [0.3, 0.4) is 0 Å². The smallest absolute Gasteiger partial charge is 0.153 e. The Morgan fingerprint density at radius 1 is 0.500 bits per heavy atom. The lowest BCUT2D eigenvalue weighted by Crippen LogP contribution is -2.11. The van der Waals surface area contributed by atoms with Crippen molar-refractivity contribution in [3.8, 4) is 23.0 Å². The Morgan fingerprint density at radius 3 is 1.35 bits per heavy atom. The summed E-state index contributed by atoms with van der Waals surface area (Å²) in [7, 11) is 0. The average Bonchev–Trinajstić information content (AvgIpc) is 2.89. The summed E-state index contributed by atoms with van der Waals surface area (Å²) in [5.74, 6) is 1.75. The van der Waals surface area contributed by atoms with Crippen molar-refractivity contribution in [3.05, 3.63) is 82.9 Å². The molecular formula is C26H22O8. The molecule has 8 nitrogen and oxygen atoms in total. The van der Waals surface area contributed by atoms with Crippen molar-refractivity contribution in [3.63, 3.8) is 0 Å². The van der Waals surface area contributed by atoms with E-state index < -0.39 is 0 Å². The average molecular weight is 462 g/mol. The molecule has 0 aliphatic carbocycles. The third-order valence-electron chi connectivity index (χ3n) is 4.63. The van der Waals surface area contributed by atoms with Crippen molar-refractivity contribution < 1.29 is 38.1 Å². The minimum atomic E-state index is 0.168. The lowest BCUT2D eigenvalue weighted by Gasteiger charge is -2.12. The van der Waals surface area contributed by atoms with Crippen LogP contribution in [0.15, 0.2) is 60.7 Å². The SMILES string of the molecule is O=Cc1ccc(C=O)c(OCCOc2cccc(OCCOc3cc(C=O)ccc3C=O)c2)c1. The Morgan fingerprint density at radius 2 is 0.941 bits per heavy atom. The molecule has 0 unspecified atom stereocenters. The number of hydrogen-bond acceptors (Lipinski definition) is 8. The molecule has 3 aromatic carbocycles. The van der Waals surface area contributed by atoms with Gasteiger partial charge in [0.25, 0.3) is 0 Å². The van der Waals surface area contributed by atoms with Crippen LogP contribution in [-0.4, -0.2) is 51.6 Å². The highest BCUT2D eigenvalue weighted by atomic mass is 16.5. The second kappa shape index (κ2) is 12.5. The van der Waals surface area contributed by atoms with Crippen molar-refractivity contribution in [1.82, 2.24) is 0 Å². The Bertz CT molecular complexity index is 1070. The molecule has 174 valence electrons. The molecule has 0 aliphatic heterocycles. The van der Waals surface area contributed by atoms with Crippen LogP contribution >= 0.6 is 0 Å². The summed E-state index contributed by atoms with van der Waals surface area (Å²) in [4.78, 5) is 44.1. The summed E-state index contributed by atoms with van der Waals surface area (Å²) in [6.45, 7) is 0.747. The molecule has 0 saturated heterocycles. The van der Waals surface area contributed by atoms with Gasteiger partial charge in [0.1, 0.15) is 62.0 Å². The minimum Gasteiger partial charge on any atom is -0.490 e. The number of carbonyl (C=O) groups is 4. The molecule has 0 radical (unpaired) electrons. The van der Waals surface area contributed by atoms with Crippen LogP contribution in [0, 0.1) is 0 Å². The second-order valence-electron chi connectivity index (χ2n) is 6.93. The monoisotopic (exact) mass is 462 g/mol. The van der Waals surface area contributed by atoms with Crippen LogP contribution in [0.25, 0.3) is 0 Å². The number of hydrogen-bond donors (Lipinski definition) is 0. The van der Waals surface area contributed by atoms with Gasteiger partial charge in [-0.2, -0.15) is 0 Å². The van der Waals surface area contributed by atoms with E-state index in [1.54, 1.807) is 36.4 Å². The largest absolute Gasteiger partial charge is 0.490 e. The van der Waals surface area contributed by atoms with E-state index in [0.717, 1.165) is 0 Å². The number of rotatable bonds is 14. The summed E-state index contributed by atoms with van der Waals surface area (Å²) in [6, 6.07) is 16.1. The molecule has 0 N–H and O–H groups in total. The third kappa shape index (κ3) is 6.77. The highest BCUT2D eigenvalue weighted by Crippen LogP contribution is 2.21. The van der Waals surface area contributed by atoms with Crippen molar-refractivity contribution in [2.75, 3.05) is 26.4 Å². The Hall–Kier alpha value is -4.46. The molecule has 0 spiro atoms. The van der Waals surface area contributed by atoms with Crippen molar-refractivity contribution in [1.29, 1.82) is 0 Å². The molecule has 0 heterocycles. The normalized spacial score (nSPS) is 10.1. The van der Waals surface area contributed by atoms with Crippen molar-refractivity contribution in [2.24, 2.45) is 0 Å². The van der Waals surface area contributed by atoms with Crippen LogP contribution in [0.2, 0.25) is 0 Å². The van der Waals surface area contributed by atoms with Gasteiger partial charge >= 0.3 is 0 Å². The highest BCUT2D eigenvalue weighted by Gasteiger charge is 2.07. The first-order chi connectivity index (χ1) is 16.7. The summed E-state index contributed by atoms with van der Waals surface area (Å²) in [6.07, 6.45) is 2.68. The fourth-order valence-corrected chi connectivity index (χ4v) is 2.97. The molecular weight excluding hydrogens is 440 g/mol. The Kier molecular flexibility index (Phi) is 8.92. The number of ether oxygens (including phenoxy) is 4. The highest BCUT2D eigenvalue weighted by molar-refractivity contribution is 5.84. The molecule has 0 amide bonds. The van der Waals surface area contributed by atoms with Gasteiger partial charge < -0.3 is 18.9 Å². The van der Waals surface area contributed by atoms with Crippen LogP contribution in [-0.2, 0) is 0 Å². The van der Waals surface area contributed by atoms with Gasteiger partial charge in [-0.25, -0.2) is 0 Å². The zero-order valence-electron chi connectivity index (χ0n) is 18.2. The summed E-state index contributed by atoms with van der Waals surface area (Å²) >= 11 is 0. The van der Waals surface area contributed by atoms with Gasteiger partial charge in [0.15, 0.2) is 12.6 Å². The quantitative estimate of drug-likeness (QED) is 0.263. The Labute approximate surface area is 196 Å². The summed E-state index contributed by atoms with van der Waals surface area (Å²) in [5.41, 5.74) is 1.52. The van der Waals surface area contributed by atoms with E-state index in [4.69, 9.17) is 18.9 Å². The van der Waals surface area contributed by atoms with E-state index in [1.807, 2.05) is 0 Å². The topological polar surface area (TPSA) is 105 Å². The van der Waals surface area contributed by atoms with E-state index in [9.17, 15) is 19.2 Å². The number of carbonyl (C=O) groups excluding carboxylic acids is 4. The molecule has 3 aromatic rings. The number of benzene rings is 3. The standard InChI is InChI=1S/C26H22O8/c27-15-19-4-6-21(17-29)25(12-19)33-10-8-31-23-2-1-3-24(14-23)32-9-11-34-26-13-20(16-28)5-7-22(26)18-30/h1-7,12-18H,8-11H2. The zero-order valence-corrected chi connectivity index (χ0v) is 18.2. The fraction of sp³-hybridized carbons (Fsp3) is 0.154. The van der Waals surface area contributed by atoms with Crippen LogP contribution in [0.5, 0.6) is 23.0 Å². The maximum atomic E-state index is 11.1. The zero-order chi connectivity index (χ0) is 24.2. The first-order valence-corrected chi connectivity index (χ1v) is 10.4. The van der Waals surface area contributed by atoms with Gasteiger partial charge in [-0.05, 0) is 36.4 Å². The lowest BCUT2D eigenvalue weighted by atomic mass is 10.1. The minimum absolute atomic E-state index is 0.168. The van der Waals surface area contributed by atoms with E-state index >= 15 is 0 Å². The molecule has 8 heteroatoms. The molecule has 0 aliphatic rings. The predicted molar refractivity (Wildman–Crippen MR) is 123 cm³/mol. The van der Waals surface area contributed by atoms with E-state index in [0.29, 0.717) is 70.4 Å². The summed E-state index contributed by atoms with van der Waals surface area (Å²) < 4.78 is 22.5. The van der Waals surface area contributed by atoms with Crippen LogP contribution in [0.4, 0.5) is 0 Å². The van der Waals surface area contributed by atoms with Gasteiger partial charge in [-0.3, -0.25) is 19.2 Å². The molecule has 34 heavy (non-hydrogen) atoms. The molecule has 0 atom stereocenters. The molecule has 3 rings (SSSR count). The fourth-order valence-electron chi connectivity index (χ4n) is 2.97. The van der Waals surface area contributed by atoms with Crippen LogP contribution in [0.1, 0.15) is 41.4 Å². The van der Waals surface area contributed by atoms with Crippen molar-refractivity contribution >= 4 is 25.1 Å². The van der Waals surface area contributed by atoms with Gasteiger partial charge in [0.2, 0.25) is 0 Å². The van der Waals surface area contributed by atoms with E-state index in [2.05, 4.69) is 0 Å². The van der Waals surface area contributed by atoms with E-state index in [1.165, 1.54) is 24.3 Å². The van der Waals surface area contributed by atoms with Gasteiger partial charge in [-0.1, -0.05) is 18.2 Å². The molecule has 0 aromatic heterocycles. The van der Waals surface area contributed by atoms with Crippen LogP contribution < -0.4 is 18.9 Å². The second-order valence-corrected chi connectivity index (χ2v) is 6.93. The van der Waals surface area contributed by atoms with E-state index in [-0.39, 0.29) is 26.4 Å². The molecule has 0 saturated carbocycles. The number of aldehydes is 4. The maximum absolute atomic E-state index is 11.1. The molecule has 0 bridgehead atoms. The van der Waals surface area contributed by atoms with Gasteiger partial charge in [0.05, 0.1) is 11.1 Å². The first kappa shape index (κ1) is 24.2. The third-order valence-corrected chi connectivity index (χ3v) is 4.63. The summed E-state index contributed by atoms with van der Waals surface area (Å²) in [5, 5.41) is 0. The van der Waals surface area contributed by atoms with Gasteiger partial charge in [-0.15, -0.1) is 0 Å². The van der Waals surface area contributed by atoms with Gasteiger partial charge in [0, 0.05) is 17.2 Å². The Balaban J connectivity index is 1.45. The molecule has 0 fully saturated rings. The lowest BCUT2D eigenvalue weighted by molar-refractivity contribution is 0.110. The maximum Gasteiger partial charge on any atom is 0.153 e.